The van der Waals surface area contributed by atoms with Crippen molar-refractivity contribution >= 4 is 71.2 Å². The Morgan fingerprint density at radius 2 is 0.721 bits per heavy atom. The van der Waals surface area contributed by atoms with Crippen molar-refractivity contribution in [3.63, 3.8) is 0 Å². The predicted octanol–water partition coefficient (Wildman–Crippen LogP) is 18.4. The molecule has 12 aromatic carbocycles. The van der Waals surface area contributed by atoms with E-state index in [9.17, 15) is 0 Å². The zero-order valence-corrected chi connectivity index (χ0v) is 37.3. The SMILES string of the molecule is c1ccc(-c2ccc(-c3ccc4ccccc4c3)cc2N(c2ccc(-c3ccc4c(ccc5ccccc54)c3)cc2)c2ccc(-c3ccccc3-n3c4ccccc4c4ccccc43)cc2)cc1. The molecule has 13 aromatic rings. The Bertz CT molecular complexity index is 3960. The molecule has 1 heterocycles. The Hall–Kier alpha value is -8.98. The van der Waals surface area contributed by atoms with E-state index in [1.807, 2.05) is 0 Å². The van der Waals surface area contributed by atoms with Gasteiger partial charge in [-0.15, -0.1) is 0 Å². The molecule has 2 nitrogen and oxygen atoms in total. The van der Waals surface area contributed by atoms with Crippen LogP contribution >= 0.6 is 0 Å². The van der Waals surface area contributed by atoms with Gasteiger partial charge in [-0.1, -0.05) is 206 Å². The lowest BCUT2D eigenvalue weighted by molar-refractivity contribution is 1.18. The van der Waals surface area contributed by atoms with Gasteiger partial charge in [0.1, 0.15) is 0 Å². The van der Waals surface area contributed by atoms with Gasteiger partial charge in [0.05, 0.1) is 22.4 Å². The topological polar surface area (TPSA) is 8.17 Å². The maximum atomic E-state index is 2.44. The van der Waals surface area contributed by atoms with Crippen LogP contribution in [0, 0.1) is 0 Å². The van der Waals surface area contributed by atoms with Crippen molar-refractivity contribution in [3.05, 3.63) is 267 Å². The molecule has 0 saturated heterocycles. The first kappa shape index (κ1) is 39.4. The summed E-state index contributed by atoms with van der Waals surface area (Å²) in [7, 11) is 0. The molecule has 0 spiro atoms. The first-order valence-electron chi connectivity index (χ1n) is 23.4. The third-order valence-electron chi connectivity index (χ3n) is 13.8. The highest BCUT2D eigenvalue weighted by Crippen LogP contribution is 2.45. The van der Waals surface area contributed by atoms with Gasteiger partial charge in [-0.2, -0.15) is 0 Å². The molecule has 0 aliphatic heterocycles. The second kappa shape index (κ2) is 16.5. The number of rotatable bonds is 8. The number of hydrogen-bond acceptors (Lipinski definition) is 1. The molecule has 0 atom stereocenters. The molecule has 1 aromatic heterocycles. The van der Waals surface area contributed by atoms with Crippen molar-refractivity contribution in [2.45, 2.75) is 0 Å². The molecule has 318 valence electrons. The lowest BCUT2D eigenvalue weighted by Crippen LogP contribution is -2.11. The second-order valence-electron chi connectivity index (χ2n) is 17.7. The van der Waals surface area contributed by atoms with E-state index >= 15 is 0 Å². The van der Waals surface area contributed by atoms with Crippen LogP contribution in [0.1, 0.15) is 0 Å². The molecule has 68 heavy (non-hydrogen) atoms. The van der Waals surface area contributed by atoms with Crippen LogP contribution in [0.15, 0.2) is 267 Å². The largest absolute Gasteiger partial charge is 0.310 e. The highest BCUT2D eigenvalue weighted by atomic mass is 15.1. The minimum atomic E-state index is 1.07. The van der Waals surface area contributed by atoms with Crippen LogP contribution in [-0.4, -0.2) is 4.57 Å². The summed E-state index contributed by atoms with van der Waals surface area (Å²) in [6, 6.07) is 97.6. The first-order chi connectivity index (χ1) is 33.7. The Balaban J connectivity index is 0.966. The van der Waals surface area contributed by atoms with Crippen molar-refractivity contribution in [2.24, 2.45) is 0 Å². The Labute approximate surface area is 395 Å². The van der Waals surface area contributed by atoms with Gasteiger partial charge in [-0.3, -0.25) is 0 Å². The highest BCUT2D eigenvalue weighted by molar-refractivity contribution is 6.10. The van der Waals surface area contributed by atoms with Crippen molar-refractivity contribution in [1.82, 2.24) is 4.57 Å². The summed E-state index contributed by atoms with van der Waals surface area (Å²) in [6.45, 7) is 0. The Morgan fingerprint density at radius 3 is 1.47 bits per heavy atom. The molecule has 0 amide bonds. The number of benzene rings is 12. The molecule has 0 N–H and O–H groups in total. The van der Waals surface area contributed by atoms with Crippen molar-refractivity contribution < 1.29 is 0 Å². The quantitative estimate of drug-likeness (QED) is 0.138. The van der Waals surface area contributed by atoms with Crippen molar-refractivity contribution in [1.29, 1.82) is 0 Å². The van der Waals surface area contributed by atoms with Gasteiger partial charge in [0, 0.05) is 33.3 Å². The third-order valence-corrected chi connectivity index (χ3v) is 13.8. The molecule has 2 heteroatoms. The van der Waals surface area contributed by atoms with Crippen molar-refractivity contribution in [3.8, 4) is 50.2 Å². The van der Waals surface area contributed by atoms with Crippen LogP contribution in [-0.2, 0) is 0 Å². The fourth-order valence-corrected chi connectivity index (χ4v) is 10.4. The minimum Gasteiger partial charge on any atom is -0.310 e. The Kier molecular flexibility index (Phi) is 9.54. The van der Waals surface area contributed by atoms with E-state index in [1.54, 1.807) is 0 Å². The molecule has 0 fully saturated rings. The molecule has 0 radical (unpaired) electrons. The number of nitrogens with zero attached hydrogens (tertiary/aromatic N) is 2. The highest BCUT2D eigenvalue weighted by Gasteiger charge is 2.21. The number of hydrogen-bond donors (Lipinski definition) is 0. The number of para-hydroxylation sites is 3. The summed E-state index contributed by atoms with van der Waals surface area (Å²) in [4.78, 5) is 2.44. The smallest absolute Gasteiger partial charge is 0.0546 e. The van der Waals surface area contributed by atoms with E-state index in [0.717, 1.165) is 45.0 Å². The van der Waals surface area contributed by atoms with E-state index in [2.05, 4.69) is 276 Å². The Morgan fingerprint density at radius 1 is 0.250 bits per heavy atom. The maximum Gasteiger partial charge on any atom is 0.0546 e. The van der Waals surface area contributed by atoms with E-state index in [0.29, 0.717) is 0 Å². The zero-order valence-electron chi connectivity index (χ0n) is 37.3. The van der Waals surface area contributed by atoms with Crippen LogP contribution in [0.3, 0.4) is 0 Å². The normalized spacial score (nSPS) is 11.5. The fraction of sp³-hybridized carbons (Fsp3) is 0. The summed E-state index contributed by atoms with van der Waals surface area (Å²) in [6.07, 6.45) is 0. The number of aromatic nitrogens is 1. The average Bonchev–Trinajstić information content (AvgIpc) is 3.75. The summed E-state index contributed by atoms with van der Waals surface area (Å²) in [5.74, 6) is 0. The van der Waals surface area contributed by atoms with Crippen LogP contribution in [0.25, 0.3) is 104 Å². The van der Waals surface area contributed by atoms with Gasteiger partial charge in [-0.25, -0.2) is 0 Å². The van der Waals surface area contributed by atoms with Gasteiger partial charge in [0.15, 0.2) is 0 Å². The monoisotopic (exact) mass is 864 g/mol. The molecule has 0 unspecified atom stereocenters. The zero-order chi connectivity index (χ0) is 45.0. The summed E-state index contributed by atoms with van der Waals surface area (Å²) in [5.41, 5.74) is 16.2. The first-order valence-corrected chi connectivity index (χ1v) is 23.4. The van der Waals surface area contributed by atoms with Crippen LogP contribution in [0.2, 0.25) is 0 Å². The number of anilines is 3. The van der Waals surface area contributed by atoms with Gasteiger partial charge in [0.2, 0.25) is 0 Å². The summed E-state index contributed by atoms with van der Waals surface area (Å²) >= 11 is 0. The van der Waals surface area contributed by atoms with E-state index < -0.39 is 0 Å². The molecular weight excluding hydrogens is 821 g/mol. The molecule has 0 aliphatic rings. The predicted molar refractivity (Wildman–Crippen MR) is 290 cm³/mol. The summed E-state index contributed by atoms with van der Waals surface area (Å²) in [5, 5.41) is 10.0. The van der Waals surface area contributed by atoms with Crippen LogP contribution in [0.4, 0.5) is 17.1 Å². The van der Waals surface area contributed by atoms with E-state index in [-0.39, 0.29) is 0 Å². The molecule has 13 rings (SSSR count). The van der Waals surface area contributed by atoms with Gasteiger partial charge >= 0.3 is 0 Å². The lowest BCUT2D eigenvalue weighted by atomic mass is 9.95. The average molecular weight is 865 g/mol. The van der Waals surface area contributed by atoms with Crippen LogP contribution in [0.5, 0.6) is 0 Å². The van der Waals surface area contributed by atoms with Crippen LogP contribution < -0.4 is 4.90 Å². The maximum absolute atomic E-state index is 2.44. The van der Waals surface area contributed by atoms with Crippen molar-refractivity contribution in [2.75, 3.05) is 4.90 Å². The fourth-order valence-electron chi connectivity index (χ4n) is 10.4. The second-order valence-corrected chi connectivity index (χ2v) is 17.7. The molecule has 0 bridgehead atoms. The summed E-state index contributed by atoms with van der Waals surface area (Å²) < 4.78 is 2.42. The lowest BCUT2D eigenvalue weighted by Gasteiger charge is -2.29. The van der Waals surface area contributed by atoms with Gasteiger partial charge in [0.25, 0.3) is 0 Å². The third kappa shape index (κ3) is 6.82. The molecular formula is C66H44N2. The molecule has 0 saturated carbocycles. The van der Waals surface area contributed by atoms with E-state index in [4.69, 9.17) is 0 Å². The van der Waals surface area contributed by atoms with Gasteiger partial charge in [-0.05, 0) is 126 Å². The minimum absolute atomic E-state index is 1.07. The standard InChI is InChI=1S/C66H44N2/c1-2-15-47(16-3-1)60-41-35-53(52-28-26-45-14-4-5-18-50(45)42-52)44-66(60)67(55-36-30-46(31-37-55)51-34-40-58-54(43-51)29-27-48-17-6-7-19-57(48)58)56-38-32-49(33-39-56)59-20-8-11-23-63(59)68-64-24-12-9-21-61(64)62-22-10-13-25-65(62)68/h1-44H. The van der Waals surface area contributed by atoms with E-state index in [1.165, 1.54) is 76.4 Å². The number of fused-ring (bicyclic) bond motifs is 7. The van der Waals surface area contributed by atoms with Gasteiger partial charge < -0.3 is 9.47 Å². The molecule has 0 aliphatic carbocycles.